The Balaban J connectivity index is 0. The van der Waals surface area contributed by atoms with Crippen LogP contribution in [0.2, 0.25) is 0 Å². The lowest BCUT2D eigenvalue weighted by molar-refractivity contribution is 0.317. The van der Waals surface area contributed by atoms with Crippen LogP contribution in [0.15, 0.2) is 37.4 Å². The van der Waals surface area contributed by atoms with Crippen molar-refractivity contribution in [3.8, 4) is 5.75 Å². The summed E-state index contributed by atoms with van der Waals surface area (Å²) in [5.74, 6) is 0.988. The molecule has 92 valence electrons. The minimum absolute atomic E-state index is 0. The first-order valence-electron chi connectivity index (χ1n) is 5.58. The summed E-state index contributed by atoms with van der Waals surface area (Å²) in [6.45, 7) is 11.1. The largest absolute Gasteiger partial charge is 0.494 e. The van der Waals surface area contributed by atoms with Crippen LogP contribution in [-0.2, 0) is 6.42 Å². The van der Waals surface area contributed by atoms with Gasteiger partial charge in [0.05, 0.1) is 6.61 Å². The molecule has 0 atom stereocenters. The molecular weight excluding hydrogens is 200 g/mol. The van der Waals surface area contributed by atoms with E-state index in [1.807, 2.05) is 0 Å². The minimum Gasteiger partial charge on any atom is -0.494 e. The quantitative estimate of drug-likeness (QED) is 0.707. The molecule has 0 fully saturated rings. The number of ether oxygens (including phenoxy) is 1. The van der Waals surface area contributed by atoms with Crippen LogP contribution in [0, 0.1) is 0 Å². The van der Waals surface area contributed by atoms with Gasteiger partial charge < -0.3 is 10.2 Å². The smallest absolute Gasteiger partial charge is 0.119 e. The van der Waals surface area contributed by atoms with Crippen LogP contribution in [0.3, 0.4) is 0 Å². The Morgan fingerprint density at radius 3 is 2.00 bits per heavy atom. The van der Waals surface area contributed by atoms with Crippen LogP contribution in [0.4, 0.5) is 0 Å². The van der Waals surface area contributed by atoms with E-state index in [0.717, 1.165) is 25.2 Å². The van der Waals surface area contributed by atoms with E-state index in [0.29, 0.717) is 0 Å². The van der Waals surface area contributed by atoms with Gasteiger partial charge in [-0.2, -0.15) is 0 Å². The van der Waals surface area contributed by atoms with Crippen molar-refractivity contribution in [1.82, 2.24) is 0 Å². The summed E-state index contributed by atoms with van der Waals surface area (Å²) in [4.78, 5) is 0. The maximum atomic E-state index is 5.49. The maximum absolute atomic E-state index is 5.49. The molecule has 0 unspecified atom stereocenters. The summed E-state index contributed by atoms with van der Waals surface area (Å²) >= 11 is 0. The topological polar surface area (TPSA) is 40.7 Å². The number of rotatable bonds is 5. The zero-order valence-electron chi connectivity index (χ0n) is 10.5. The van der Waals surface area contributed by atoms with E-state index in [9.17, 15) is 0 Å². The Hall–Kier alpha value is -1.28. The first kappa shape index (κ1) is 17.1. The summed E-state index contributed by atoms with van der Waals surface area (Å²) in [5, 5.41) is 0. The number of hydrogen-bond donors (Lipinski definition) is 0. The fraction of sp³-hybridized carbons (Fsp3) is 0.429. The molecule has 1 aromatic rings. The van der Waals surface area contributed by atoms with Gasteiger partial charge in [-0.15, -0.1) is 13.2 Å². The first-order valence-corrected chi connectivity index (χ1v) is 5.58. The van der Waals surface area contributed by atoms with Gasteiger partial charge in [0.25, 0.3) is 0 Å². The molecule has 2 heteroatoms. The van der Waals surface area contributed by atoms with E-state index in [1.54, 1.807) is 0 Å². The molecule has 0 saturated carbocycles. The van der Waals surface area contributed by atoms with Gasteiger partial charge in [-0.05, 0) is 30.5 Å². The second-order valence-electron chi connectivity index (χ2n) is 3.24. The molecule has 16 heavy (non-hydrogen) atoms. The molecule has 1 rings (SSSR count). The van der Waals surface area contributed by atoms with Gasteiger partial charge >= 0.3 is 0 Å². The fourth-order valence-electron chi connectivity index (χ4n) is 1.26. The monoisotopic (exact) mass is 224 g/mol. The predicted molar refractivity (Wildman–Crippen MR) is 71.1 cm³/mol. The first-order chi connectivity index (χ1) is 7.36. The molecule has 0 aliphatic heterocycles. The Morgan fingerprint density at radius 1 is 1.00 bits per heavy atom. The number of hydrogen-bond acceptors (Lipinski definition) is 1. The van der Waals surface area contributed by atoms with Crippen molar-refractivity contribution in [2.24, 2.45) is 0 Å². The third-order valence-corrected chi connectivity index (χ3v) is 1.93. The molecule has 0 aliphatic rings. The third-order valence-electron chi connectivity index (χ3n) is 1.93. The fourth-order valence-corrected chi connectivity index (χ4v) is 1.26. The summed E-state index contributed by atoms with van der Waals surface area (Å²) < 4.78 is 5.49. The number of aryl methyl sites for hydroxylation is 1. The van der Waals surface area contributed by atoms with E-state index in [4.69, 9.17) is 4.74 Å². The predicted octanol–water partition coefficient (Wildman–Crippen LogP) is 3.41. The third kappa shape index (κ3) is 7.07. The van der Waals surface area contributed by atoms with Crippen LogP contribution < -0.4 is 4.74 Å². The summed E-state index contributed by atoms with van der Waals surface area (Å²) in [6.07, 6.45) is 3.43. The van der Waals surface area contributed by atoms with Crippen molar-refractivity contribution in [3.05, 3.63) is 43.0 Å². The van der Waals surface area contributed by atoms with E-state index < -0.39 is 0 Å². The Bertz CT molecular complexity index is 241. The van der Waals surface area contributed by atoms with Gasteiger partial charge in [0.15, 0.2) is 0 Å². The maximum Gasteiger partial charge on any atom is 0.119 e. The molecule has 1 aromatic carbocycles. The lowest BCUT2D eigenvalue weighted by Gasteiger charge is -2.04. The highest BCUT2D eigenvalue weighted by atomic mass is 16.5. The summed E-state index contributed by atoms with van der Waals surface area (Å²) in [5.41, 5.74) is 1.39. The molecule has 0 radical (unpaired) electrons. The van der Waals surface area contributed by atoms with E-state index in [-0.39, 0.29) is 5.48 Å². The average molecular weight is 224 g/mol. The Labute approximate surface area is 99.3 Å². The van der Waals surface area contributed by atoms with Crippen LogP contribution in [0.1, 0.15) is 32.3 Å². The van der Waals surface area contributed by atoms with Gasteiger partial charge in [-0.3, -0.25) is 0 Å². The standard InChI is InChI=1S/C12H18O.C2H4.H2O/c1-3-5-11-6-8-12(9-7-11)13-10-4-2;1-2;/h6-9H,3-5,10H2,1-2H3;1-2H2;1H2. The van der Waals surface area contributed by atoms with Gasteiger partial charge in [0, 0.05) is 0 Å². The van der Waals surface area contributed by atoms with Crippen molar-refractivity contribution >= 4 is 0 Å². The molecular formula is C14H24O2. The SMILES string of the molecule is C=C.CCCOc1ccc(CCC)cc1.O. The highest BCUT2D eigenvalue weighted by molar-refractivity contribution is 5.27. The summed E-state index contributed by atoms with van der Waals surface area (Å²) in [7, 11) is 0. The van der Waals surface area contributed by atoms with E-state index in [1.165, 1.54) is 12.0 Å². The van der Waals surface area contributed by atoms with Crippen molar-refractivity contribution in [2.45, 2.75) is 33.1 Å². The van der Waals surface area contributed by atoms with Crippen LogP contribution in [0.25, 0.3) is 0 Å². The molecule has 0 aromatic heterocycles. The molecule has 0 bridgehead atoms. The molecule has 0 amide bonds. The second-order valence-corrected chi connectivity index (χ2v) is 3.24. The van der Waals surface area contributed by atoms with Crippen molar-refractivity contribution in [1.29, 1.82) is 0 Å². The average Bonchev–Trinajstić information content (AvgIpc) is 2.31. The van der Waals surface area contributed by atoms with Crippen molar-refractivity contribution < 1.29 is 10.2 Å². The number of benzene rings is 1. The van der Waals surface area contributed by atoms with Crippen molar-refractivity contribution in [3.63, 3.8) is 0 Å². The Morgan fingerprint density at radius 2 is 1.56 bits per heavy atom. The highest BCUT2D eigenvalue weighted by Crippen LogP contribution is 2.13. The van der Waals surface area contributed by atoms with Crippen LogP contribution >= 0.6 is 0 Å². The molecule has 2 nitrogen and oxygen atoms in total. The summed E-state index contributed by atoms with van der Waals surface area (Å²) in [6, 6.07) is 8.41. The lowest BCUT2D eigenvalue weighted by Crippen LogP contribution is -1.94. The second kappa shape index (κ2) is 11.8. The Kier molecular flexibility index (Phi) is 12.6. The van der Waals surface area contributed by atoms with Gasteiger partial charge in [0.2, 0.25) is 0 Å². The van der Waals surface area contributed by atoms with Crippen LogP contribution in [0.5, 0.6) is 5.75 Å². The van der Waals surface area contributed by atoms with Crippen LogP contribution in [-0.4, -0.2) is 12.1 Å². The van der Waals surface area contributed by atoms with E-state index >= 15 is 0 Å². The molecule has 0 aliphatic carbocycles. The molecule has 0 heterocycles. The molecule has 0 saturated heterocycles. The zero-order valence-corrected chi connectivity index (χ0v) is 10.5. The molecule has 2 N–H and O–H groups in total. The highest BCUT2D eigenvalue weighted by Gasteiger charge is 1.93. The van der Waals surface area contributed by atoms with Gasteiger partial charge in [-0.1, -0.05) is 32.4 Å². The lowest BCUT2D eigenvalue weighted by atomic mass is 10.1. The zero-order chi connectivity index (χ0) is 11.5. The normalized spacial score (nSPS) is 8.38. The van der Waals surface area contributed by atoms with Gasteiger partial charge in [0.1, 0.15) is 5.75 Å². The van der Waals surface area contributed by atoms with E-state index in [2.05, 4.69) is 51.3 Å². The minimum atomic E-state index is 0. The van der Waals surface area contributed by atoms with Crippen molar-refractivity contribution in [2.75, 3.05) is 6.61 Å². The molecule has 0 spiro atoms. The van der Waals surface area contributed by atoms with Gasteiger partial charge in [-0.25, -0.2) is 0 Å².